The second-order valence-electron chi connectivity index (χ2n) is 1.65. The van der Waals surface area contributed by atoms with Gasteiger partial charge in [0.15, 0.2) is 0 Å². The summed E-state index contributed by atoms with van der Waals surface area (Å²) in [5.74, 6) is 0. The fourth-order valence-corrected chi connectivity index (χ4v) is 0.860. The number of hydrogen-bond acceptors (Lipinski definition) is 3. The molecule has 0 spiro atoms. The van der Waals surface area contributed by atoms with Gasteiger partial charge in [-0.1, -0.05) is 6.92 Å². The predicted octanol–water partition coefficient (Wildman–Crippen LogP) is 0.515. The van der Waals surface area contributed by atoms with E-state index < -0.39 is 7.60 Å². The van der Waals surface area contributed by atoms with Crippen molar-refractivity contribution in [3.05, 3.63) is 0 Å². The third-order valence-electron chi connectivity index (χ3n) is 0.728. The van der Waals surface area contributed by atoms with Crippen LogP contribution < -0.4 is 5.73 Å². The molecule has 1 atom stereocenters. The van der Waals surface area contributed by atoms with Gasteiger partial charge in [0, 0.05) is 0 Å². The standard InChI is InChI=1S/C4H12NO3P/c1-2-3-8-9(6,7)4-5/h2-5H2,1H3,(H,6,7). The molecule has 0 aliphatic heterocycles. The quantitative estimate of drug-likeness (QED) is 0.577. The van der Waals surface area contributed by atoms with Crippen LogP contribution in [-0.2, 0) is 9.09 Å². The van der Waals surface area contributed by atoms with Gasteiger partial charge in [0.1, 0.15) is 0 Å². The van der Waals surface area contributed by atoms with Crippen molar-refractivity contribution in [1.29, 1.82) is 0 Å². The van der Waals surface area contributed by atoms with Gasteiger partial charge in [0.05, 0.1) is 12.9 Å². The van der Waals surface area contributed by atoms with Crippen LogP contribution >= 0.6 is 7.60 Å². The van der Waals surface area contributed by atoms with E-state index >= 15 is 0 Å². The Morgan fingerprint density at radius 3 is 2.67 bits per heavy atom. The van der Waals surface area contributed by atoms with Crippen molar-refractivity contribution in [2.24, 2.45) is 5.73 Å². The molecule has 0 radical (unpaired) electrons. The molecule has 0 rings (SSSR count). The summed E-state index contributed by atoms with van der Waals surface area (Å²) in [6.07, 6.45) is 0.428. The van der Waals surface area contributed by atoms with E-state index in [1.165, 1.54) is 0 Å². The van der Waals surface area contributed by atoms with E-state index in [0.29, 0.717) is 6.61 Å². The summed E-state index contributed by atoms with van der Waals surface area (Å²) in [7, 11) is -3.41. The molecule has 5 heteroatoms. The summed E-state index contributed by atoms with van der Waals surface area (Å²) in [6.45, 7) is 2.15. The van der Waals surface area contributed by atoms with Crippen molar-refractivity contribution in [1.82, 2.24) is 0 Å². The lowest BCUT2D eigenvalue weighted by atomic mass is 10.5. The Kier molecular flexibility index (Phi) is 4.06. The van der Waals surface area contributed by atoms with Gasteiger partial charge in [-0.2, -0.15) is 0 Å². The van der Waals surface area contributed by atoms with Gasteiger partial charge in [-0.25, -0.2) is 0 Å². The molecule has 9 heavy (non-hydrogen) atoms. The molecule has 1 unspecified atom stereocenters. The third kappa shape index (κ3) is 4.60. The van der Waals surface area contributed by atoms with E-state index in [1.807, 2.05) is 6.92 Å². The minimum absolute atomic E-state index is 0.297. The zero-order valence-corrected chi connectivity index (χ0v) is 6.30. The molecule has 0 aromatic carbocycles. The van der Waals surface area contributed by atoms with Crippen LogP contribution in [0.3, 0.4) is 0 Å². The molecule has 0 fully saturated rings. The second kappa shape index (κ2) is 4.01. The van der Waals surface area contributed by atoms with Crippen LogP contribution in [0.5, 0.6) is 0 Å². The molecule has 0 heterocycles. The maximum absolute atomic E-state index is 10.5. The summed E-state index contributed by atoms with van der Waals surface area (Å²) < 4.78 is 15.1. The molecule has 0 saturated heterocycles. The number of nitrogens with two attached hydrogens (primary N) is 1. The van der Waals surface area contributed by atoms with Crippen LogP contribution in [0.15, 0.2) is 0 Å². The highest BCUT2D eigenvalue weighted by Gasteiger charge is 2.14. The SMILES string of the molecule is CCCOP(=O)(O)CN. The lowest BCUT2D eigenvalue weighted by Crippen LogP contribution is -2.03. The van der Waals surface area contributed by atoms with Crippen molar-refractivity contribution in [2.45, 2.75) is 13.3 Å². The molecular formula is C4H12NO3P. The molecule has 3 N–H and O–H groups in total. The fraction of sp³-hybridized carbons (Fsp3) is 1.00. The molecule has 0 amide bonds. The summed E-state index contributed by atoms with van der Waals surface area (Å²) >= 11 is 0. The number of rotatable bonds is 4. The summed E-state index contributed by atoms with van der Waals surface area (Å²) in [5.41, 5.74) is 4.91. The molecule has 0 aliphatic carbocycles. The smallest absolute Gasteiger partial charge is 0.323 e. The molecule has 4 nitrogen and oxygen atoms in total. The first-order valence-electron chi connectivity index (χ1n) is 2.79. The zero-order chi connectivity index (χ0) is 7.33. The Morgan fingerprint density at radius 1 is 1.78 bits per heavy atom. The molecular weight excluding hydrogens is 141 g/mol. The minimum atomic E-state index is -3.41. The van der Waals surface area contributed by atoms with Crippen LogP contribution in [0.25, 0.3) is 0 Å². The Bertz CT molecular complexity index is 116. The van der Waals surface area contributed by atoms with Crippen LogP contribution in [0, 0.1) is 0 Å². The Balaban J connectivity index is 3.46. The van der Waals surface area contributed by atoms with Gasteiger partial charge in [0.25, 0.3) is 0 Å². The highest BCUT2D eigenvalue weighted by Crippen LogP contribution is 2.39. The lowest BCUT2D eigenvalue weighted by molar-refractivity contribution is 0.260. The van der Waals surface area contributed by atoms with Crippen LogP contribution in [0.1, 0.15) is 13.3 Å². The zero-order valence-electron chi connectivity index (χ0n) is 5.41. The van der Waals surface area contributed by atoms with Crippen molar-refractivity contribution >= 4 is 7.60 Å². The van der Waals surface area contributed by atoms with E-state index in [1.54, 1.807) is 0 Å². The molecule has 0 aromatic heterocycles. The van der Waals surface area contributed by atoms with E-state index in [-0.39, 0.29) is 6.29 Å². The maximum Gasteiger partial charge on any atom is 0.341 e. The van der Waals surface area contributed by atoms with Crippen LogP contribution in [-0.4, -0.2) is 17.8 Å². The Hall–Kier alpha value is 0.110. The monoisotopic (exact) mass is 153 g/mol. The topological polar surface area (TPSA) is 72.5 Å². The van der Waals surface area contributed by atoms with Gasteiger partial charge in [-0.05, 0) is 6.42 Å². The predicted molar refractivity (Wildman–Crippen MR) is 35.1 cm³/mol. The normalized spacial score (nSPS) is 17.2. The number of hydrogen-bond donors (Lipinski definition) is 2. The van der Waals surface area contributed by atoms with E-state index in [2.05, 4.69) is 4.52 Å². The molecule has 0 saturated carbocycles. The van der Waals surface area contributed by atoms with E-state index in [9.17, 15) is 4.57 Å². The Labute approximate surface area is 54.5 Å². The van der Waals surface area contributed by atoms with E-state index in [4.69, 9.17) is 10.6 Å². The van der Waals surface area contributed by atoms with Gasteiger partial charge in [-0.15, -0.1) is 0 Å². The fourth-order valence-electron chi connectivity index (χ4n) is 0.287. The highest BCUT2D eigenvalue weighted by atomic mass is 31.2. The van der Waals surface area contributed by atoms with Crippen molar-refractivity contribution in [3.8, 4) is 0 Å². The first-order chi connectivity index (χ1) is 4.12. The summed E-state index contributed by atoms with van der Waals surface area (Å²) in [5, 5.41) is 0. The average molecular weight is 153 g/mol. The van der Waals surface area contributed by atoms with Gasteiger partial charge in [-0.3, -0.25) is 4.57 Å². The van der Waals surface area contributed by atoms with Gasteiger partial charge >= 0.3 is 7.60 Å². The summed E-state index contributed by atoms with van der Waals surface area (Å²) in [4.78, 5) is 8.66. The van der Waals surface area contributed by atoms with Crippen LogP contribution in [0.4, 0.5) is 0 Å². The van der Waals surface area contributed by atoms with Crippen LogP contribution in [0.2, 0.25) is 0 Å². The van der Waals surface area contributed by atoms with Gasteiger partial charge < -0.3 is 15.2 Å². The average Bonchev–Trinajstić information content (AvgIpc) is 1.84. The molecule has 0 bridgehead atoms. The van der Waals surface area contributed by atoms with E-state index in [0.717, 1.165) is 6.42 Å². The first kappa shape index (κ1) is 9.11. The highest BCUT2D eigenvalue weighted by molar-refractivity contribution is 7.52. The van der Waals surface area contributed by atoms with Crippen molar-refractivity contribution < 1.29 is 14.0 Å². The second-order valence-corrected chi connectivity index (χ2v) is 3.55. The largest absolute Gasteiger partial charge is 0.341 e. The minimum Gasteiger partial charge on any atom is -0.323 e. The Morgan fingerprint density at radius 2 is 2.33 bits per heavy atom. The lowest BCUT2D eigenvalue weighted by Gasteiger charge is -2.06. The summed E-state index contributed by atoms with van der Waals surface area (Å²) in [6, 6.07) is 0. The van der Waals surface area contributed by atoms with Gasteiger partial charge in [0.2, 0.25) is 0 Å². The molecule has 56 valence electrons. The van der Waals surface area contributed by atoms with Crippen molar-refractivity contribution in [3.63, 3.8) is 0 Å². The molecule has 0 aliphatic rings. The maximum atomic E-state index is 10.5. The molecule has 0 aromatic rings. The third-order valence-corrected chi connectivity index (χ3v) is 1.78. The first-order valence-corrected chi connectivity index (χ1v) is 4.55. The van der Waals surface area contributed by atoms with Crippen molar-refractivity contribution in [2.75, 3.05) is 12.9 Å².